The Kier molecular flexibility index (Phi) is 4.30. The molecule has 0 saturated heterocycles. The molecule has 0 fully saturated rings. The van der Waals surface area contributed by atoms with Crippen LogP contribution in [0.1, 0.15) is 6.42 Å². The van der Waals surface area contributed by atoms with Crippen molar-refractivity contribution in [2.24, 2.45) is 7.05 Å². The van der Waals surface area contributed by atoms with Gasteiger partial charge in [0, 0.05) is 24.9 Å². The minimum atomic E-state index is -0.0103. The Hall–Kier alpha value is -1.89. The first-order chi connectivity index (χ1) is 8.75. The van der Waals surface area contributed by atoms with E-state index in [1.54, 1.807) is 11.7 Å². The van der Waals surface area contributed by atoms with E-state index in [9.17, 15) is 4.79 Å². The first-order valence-corrected chi connectivity index (χ1v) is 6.44. The highest BCUT2D eigenvalue weighted by Crippen LogP contribution is 2.14. The number of aryl methyl sites for hydroxylation is 1. The lowest BCUT2D eigenvalue weighted by Gasteiger charge is -2.04. The Morgan fingerprint density at radius 1 is 1.39 bits per heavy atom. The lowest BCUT2D eigenvalue weighted by Crippen LogP contribution is -2.12. The molecule has 2 aromatic rings. The standard InChI is InChI=1S/C11H13N5OS/c1-16-11(13-14-15-16)18-8-7-10(17)12-9-5-3-2-4-6-9/h2-6H,7-8H2,1H3,(H,12,17). The second kappa shape index (κ2) is 6.15. The molecular formula is C11H13N5OS. The number of para-hydroxylation sites is 1. The van der Waals surface area contributed by atoms with Crippen molar-refractivity contribution in [1.29, 1.82) is 0 Å². The van der Waals surface area contributed by atoms with Crippen molar-refractivity contribution in [3.05, 3.63) is 30.3 Å². The van der Waals surface area contributed by atoms with Crippen molar-refractivity contribution in [2.45, 2.75) is 11.6 Å². The number of carbonyl (C=O) groups is 1. The summed E-state index contributed by atoms with van der Waals surface area (Å²) in [5, 5.41) is 14.6. The van der Waals surface area contributed by atoms with Gasteiger partial charge in [0.15, 0.2) is 0 Å². The summed E-state index contributed by atoms with van der Waals surface area (Å²) in [6, 6.07) is 9.40. The molecule has 1 amide bonds. The summed E-state index contributed by atoms with van der Waals surface area (Å²) >= 11 is 1.46. The van der Waals surface area contributed by atoms with E-state index in [4.69, 9.17) is 0 Å². The number of amides is 1. The summed E-state index contributed by atoms with van der Waals surface area (Å²) in [6.45, 7) is 0. The number of thioether (sulfide) groups is 1. The molecule has 1 heterocycles. The van der Waals surface area contributed by atoms with Crippen molar-refractivity contribution in [1.82, 2.24) is 20.2 Å². The van der Waals surface area contributed by atoms with Crippen LogP contribution in [0.25, 0.3) is 0 Å². The zero-order valence-electron chi connectivity index (χ0n) is 9.91. The number of carbonyl (C=O) groups excluding carboxylic acids is 1. The van der Waals surface area contributed by atoms with Gasteiger partial charge in [-0.1, -0.05) is 30.0 Å². The molecule has 1 aromatic heterocycles. The Labute approximate surface area is 109 Å². The largest absolute Gasteiger partial charge is 0.326 e. The fourth-order valence-electron chi connectivity index (χ4n) is 1.32. The molecule has 0 atom stereocenters. The van der Waals surface area contributed by atoms with Crippen molar-refractivity contribution in [2.75, 3.05) is 11.1 Å². The van der Waals surface area contributed by atoms with Gasteiger partial charge < -0.3 is 5.32 Å². The third-order valence-corrected chi connectivity index (χ3v) is 3.21. The first kappa shape index (κ1) is 12.6. The minimum absolute atomic E-state index is 0.0103. The van der Waals surface area contributed by atoms with E-state index in [1.807, 2.05) is 30.3 Å². The summed E-state index contributed by atoms with van der Waals surface area (Å²) < 4.78 is 1.58. The summed E-state index contributed by atoms with van der Waals surface area (Å²) in [6.07, 6.45) is 0.423. The second-order valence-corrected chi connectivity index (χ2v) is 4.66. The summed E-state index contributed by atoms with van der Waals surface area (Å²) in [4.78, 5) is 11.6. The number of tetrazole rings is 1. The predicted octanol–water partition coefficient (Wildman–Crippen LogP) is 1.33. The van der Waals surface area contributed by atoms with Crippen LogP contribution in [0.5, 0.6) is 0 Å². The van der Waals surface area contributed by atoms with Crippen LogP contribution in [0.15, 0.2) is 35.5 Å². The molecule has 7 heteroatoms. The van der Waals surface area contributed by atoms with E-state index < -0.39 is 0 Å². The van der Waals surface area contributed by atoms with Crippen LogP contribution in [0, 0.1) is 0 Å². The average Bonchev–Trinajstić information content (AvgIpc) is 2.76. The smallest absolute Gasteiger partial charge is 0.225 e. The predicted molar refractivity (Wildman–Crippen MR) is 69.2 cm³/mol. The van der Waals surface area contributed by atoms with Crippen molar-refractivity contribution >= 4 is 23.4 Å². The molecule has 0 aliphatic carbocycles. The molecule has 0 aliphatic rings. The van der Waals surface area contributed by atoms with Crippen LogP contribution in [0.3, 0.4) is 0 Å². The molecule has 18 heavy (non-hydrogen) atoms. The van der Waals surface area contributed by atoms with Gasteiger partial charge in [0.25, 0.3) is 0 Å². The molecule has 0 unspecified atom stereocenters. The molecule has 0 spiro atoms. The normalized spacial score (nSPS) is 10.3. The van der Waals surface area contributed by atoms with E-state index in [0.717, 1.165) is 5.69 Å². The van der Waals surface area contributed by atoms with Crippen LogP contribution >= 0.6 is 11.8 Å². The maximum Gasteiger partial charge on any atom is 0.225 e. The third-order valence-electron chi connectivity index (χ3n) is 2.20. The number of nitrogens with one attached hydrogen (secondary N) is 1. The fourth-order valence-corrected chi connectivity index (χ4v) is 2.11. The van der Waals surface area contributed by atoms with E-state index in [1.165, 1.54) is 11.8 Å². The molecule has 1 N–H and O–H groups in total. The molecule has 0 bridgehead atoms. The third kappa shape index (κ3) is 3.56. The maximum absolute atomic E-state index is 11.6. The zero-order valence-corrected chi connectivity index (χ0v) is 10.7. The topological polar surface area (TPSA) is 72.7 Å². The molecule has 0 radical (unpaired) electrons. The van der Waals surface area contributed by atoms with Gasteiger partial charge in [0.2, 0.25) is 11.1 Å². The van der Waals surface area contributed by atoms with Crippen molar-refractivity contribution in [3.63, 3.8) is 0 Å². The number of nitrogens with zero attached hydrogens (tertiary/aromatic N) is 4. The number of hydrogen-bond acceptors (Lipinski definition) is 5. The van der Waals surface area contributed by atoms with Gasteiger partial charge in [-0.05, 0) is 22.6 Å². The first-order valence-electron chi connectivity index (χ1n) is 5.46. The highest BCUT2D eigenvalue weighted by atomic mass is 32.2. The number of aromatic nitrogens is 4. The van der Waals surface area contributed by atoms with Crippen LogP contribution in [0.2, 0.25) is 0 Å². The van der Waals surface area contributed by atoms with Crippen molar-refractivity contribution in [3.8, 4) is 0 Å². The summed E-state index contributed by atoms with van der Waals surface area (Å²) in [5.41, 5.74) is 0.813. The molecule has 0 saturated carbocycles. The second-order valence-electron chi connectivity index (χ2n) is 3.60. The quantitative estimate of drug-likeness (QED) is 0.824. The van der Waals surface area contributed by atoms with Gasteiger partial charge in [0.1, 0.15) is 0 Å². The van der Waals surface area contributed by atoms with Gasteiger partial charge in [-0.15, -0.1) is 5.10 Å². The van der Waals surface area contributed by atoms with Crippen LogP contribution in [-0.2, 0) is 11.8 Å². The average molecular weight is 263 g/mol. The Morgan fingerprint density at radius 2 is 2.17 bits per heavy atom. The maximum atomic E-state index is 11.6. The molecule has 1 aromatic carbocycles. The van der Waals surface area contributed by atoms with Crippen LogP contribution in [-0.4, -0.2) is 31.9 Å². The number of benzene rings is 1. The van der Waals surface area contributed by atoms with Gasteiger partial charge >= 0.3 is 0 Å². The lowest BCUT2D eigenvalue weighted by molar-refractivity contribution is -0.115. The van der Waals surface area contributed by atoms with Crippen molar-refractivity contribution < 1.29 is 4.79 Å². The molecule has 0 aliphatic heterocycles. The van der Waals surface area contributed by atoms with Gasteiger partial charge in [-0.25, -0.2) is 4.68 Å². The van der Waals surface area contributed by atoms with E-state index in [2.05, 4.69) is 20.8 Å². The van der Waals surface area contributed by atoms with Gasteiger partial charge in [0.05, 0.1) is 0 Å². The Morgan fingerprint density at radius 3 is 2.83 bits per heavy atom. The van der Waals surface area contributed by atoms with Gasteiger partial charge in [-0.2, -0.15) is 0 Å². The SMILES string of the molecule is Cn1nnnc1SCCC(=O)Nc1ccccc1. The molecule has 2 rings (SSSR count). The number of rotatable bonds is 5. The lowest BCUT2D eigenvalue weighted by atomic mass is 10.3. The minimum Gasteiger partial charge on any atom is -0.326 e. The van der Waals surface area contributed by atoms with Crippen LogP contribution in [0.4, 0.5) is 5.69 Å². The van der Waals surface area contributed by atoms with E-state index in [0.29, 0.717) is 17.3 Å². The molecular weight excluding hydrogens is 250 g/mol. The Bertz CT molecular complexity index is 513. The highest BCUT2D eigenvalue weighted by molar-refractivity contribution is 7.99. The van der Waals surface area contributed by atoms with Gasteiger partial charge in [-0.3, -0.25) is 4.79 Å². The number of anilines is 1. The van der Waals surface area contributed by atoms with E-state index >= 15 is 0 Å². The van der Waals surface area contributed by atoms with E-state index in [-0.39, 0.29) is 5.91 Å². The highest BCUT2D eigenvalue weighted by Gasteiger charge is 2.06. The molecule has 94 valence electrons. The summed E-state index contributed by atoms with van der Waals surface area (Å²) in [7, 11) is 1.77. The summed E-state index contributed by atoms with van der Waals surface area (Å²) in [5.74, 6) is 0.635. The fraction of sp³-hybridized carbons (Fsp3) is 0.273. The zero-order chi connectivity index (χ0) is 12.8. The Balaban J connectivity index is 1.74. The number of hydrogen-bond donors (Lipinski definition) is 1. The molecule has 6 nitrogen and oxygen atoms in total. The van der Waals surface area contributed by atoms with Crippen LogP contribution < -0.4 is 5.32 Å². The monoisotopic (exact) mass is 263 g/mol.